The van der Waals surface area contributed by atoms with E-state index in [1.54, 1.807) is 30.0 Å². The number of nitrogens with zero attached hydrogens (tertiary/aromatic N) is 3. The molecule has 2 aliphatic carbocycles. The molecule has 0 bridgehead atoms. The van der Waals surface area contributed by atoms with Gasteiger partial charge in [0, 0.05) is 60.4 Å². The van der Waals surface area contributed by atoms with E-state index in [0.717, 1.165) is 47.5 Å². The van der Waals surface area contributed by atoms with Crippen molar-refractivity contribution in [1.29, 1.82) is 0 Å². The number of benzene rings is 4. The summed E-state index contributed by atoms with van der Waals surface area (Å²) < 4.78 is 41.4. The minimum Gasteiger partial charge on any atom is -0.493 e. The summed E-state index contributed by atoms with van der Waals surface area (Å²) in [4.78, 5) is 34.9. The molecule has 2 N–H and O–H groups in total. The quantitative estimate of drug-likeness (QED) is 0.0253. The molecule has 1 aliphatic heterocycles. The number of allylic oxidation sites excluding steroid dienone is 1. The molecule has 0 aromatic heterocycles. The Bertz CT molecular complexity index is 2390. The van der Waals surface area contributed by atoms with Crippen molar-refractivity contribution in [1.82, 2.24) is 4.90 Å². The highest BCUT2D eigenvalue weighted by Crippen LogP contribution is 2.62. The molecule has 4 aromatic rings. The van der Waals surface area contributed by atoms with Crippen molar-refractivity contribution >= 4 is 29.3 Å². The van der Waals surface area contributed by atoms with Crippen LogP contribution < -0.4 is 14.2 Å². The van der Waals surface area contributed by atoms with Crippen LogP contribution >= 0.6 is 11.8 Å². The molecule has 0 saturated heterocycles. The van der Waals surface area contributed by atoms with Crippen molar-refractivity contribution in [3.8, 4) is 17.2 Å². The third-order valence-electron chi connectivity index (χ3n) is 12.6. The molecule has 1 amide bonds. The van der Waals surface area contributed by atoms with E-state index in [0.29, 0.717) is 42.2 Å². The highest BCUT2D eigenvalue weighted by Gasteiger charge is 2.66. The van der Waals surface area contributed by atoms with E-state index < -0.39 is 40.2 Å². The van der Waals surface area contributed by atoms with Gasteiger partial charge in [-0.15, -0.1) is 18.3 Å². The van der Waals surface area contributed by atoms with Gasteiger partial charge in [0.05, 0.1) is 29.8 Å². The molecule has 0 spiro atoms. The lowest BCUT2D eigenvalue weighted by Crippen LogP contribution is -2.70. The first kappa shape index (κ1) is 50.1. The summed E-state index contributed by atoms with van der Waals surface area (Å²) in [5.74, 6) is -1.01. The van der Waals surface area contributed by atoms with Crippen molar-refractivity contribution in [2.75, 3.05) is 32.2 Å². The van der Waals surface area contributed by atoms with E-state index in [9.17, 15) is 24.7 Å². The molecule has 68 heavy (non-hydrogen) atoms. The van der Waals surface area contributed by atoms with Crippen molar-refractivity contribution in [2.24, 2.45) is 22.9 Å². The Morgan fingerprint density at radius 3 is 2.37 bits per heavy atom. The second-order valence-corrected chi connectivity index (χ2v) is 19.5. The van der Waals surface area contributed by atoms with Gasteiger partial charge in [0.2, 0.25) is 5.79 Å². The van der Waals surface area contributed by atoms with E-state index in [4.69, 9.17) is 28.9 Å². The summed E-state index contributed by atoms with van der Waals surface area (Å²) in [6.45, 7) is 10.3. The summed E-state index contributed by atoms with van der Waals surface area (Å²) in [5.41, 5.74) is 2.07. The van der Waals surface area contributed by atoms with Gasteiger partial charge in [-0.25, -0.2) is 9.18 Å². The minimum absolute atomic E-state index is 0.00482. The largest absolute Gasteiger partial charge is 0.493 e. The van der Waals surface area contributed by atoms with Gasteiger partial charge in [-0.1, -0.05) is 60.5 Å². The third-order valence-corrected chi connectivity index (χ3v) is 13.5. The molecule has 13 nitrogen and oxygen atoms in total. The Labute approximate surface area is 402 Å². The molecule has 0 radical (unpaired) electrons. The van der Waals surface area contributed by atoms with E-state index in [1.165, 1.54) is 41.3 Å². The number of amides is 1. The first-order valence-electron chi connectivity index (χ1n) is 23.4. The van der Waals surface area contributed by atoms with Crippen molar-refractivity contribution < 1.29 is 48.1 Å². The van der Waals surface area contributed by atoms with Crippen molar-refractivity contribution in [2.45, 2.75) is 101 Å². The fourth-order valence-corrected chi connectivity index (χ4v) is 10.4. The minimum atomic E-state index is -1.62. The van der Waals surface area contributed by atoms with Crippen LogP contribution in [-0.4, -0.2) is 81.5 Å². The molecule has 1 fully saturated rings. The fraction of sp³-hybridized carbons (Fsp3) is 0.434. The summed E-state index contributed by atoms with van der Waals surface area (Å²) in [6, 6.07) is 26.1. The summed E-state index contributed by atoms with van der Waals surface area (Å²) >= 11 is 1.71. The predicted octanol–water partition coefficient (Wildman–Crippen LogP) is 11.0. The Balaban J connectivity index is 1.41. The molecule has 3 aliphatic rings. The van der Waals surface area contributed by atoms with Gasteiger partial charge in [0.1, 0.15) is 34.7 Å². The summed E-state index contributed by atoms with van der Waals surface area (Å²) in [7, 11) is 0. The maximum Gasteiger partial charge on any atom is 0.416 e. The molecule has 362 valence electrons. The first-order valence-corrected chi connectivity index (χ1v) is 24.4. The van der Waals surface area contributed by atoms with Crippen LogP contribution in [0.3, 0.4) is 0 Å². The van der Waals surface area contributed by atoms with Gasteiger partial charge >= 0.3 is 6.09 Å². The number of unbranched alkanes of at least 4 members (excludes halogenated alkanes) is 2. The van der Waals surface area contributed by atoms with Crippen molar-refractivity contribution in [3.63, 3.8) is 0 Å². The molecule has 1 saturated carbocycles. The number of nitro groups is 1. The third kappa shape index (κ3) is 12.1. The average molecular weight is 952 g/mol. The Hall–Kier alpha value is -5.74. The van der Waals surface area contributed by atoms with Gasteiger partial charge in [0.15, 0.2) is 0 Å². The average Bonchev–Trinajstić information content (AvgIpc) is 3.32. The van der Waals surface area contributed by atoms with Gasteiger partial charge in [-0.3, -0.25) is 15.0 Å². The maximum absolute atomic E-state index is 15.0. The number of aliphatic hydroxyl groups is 2. The Morgan fingerprint density at radius 2 is 1.69 bits per heavy atom. The number of carbonyl (C=O) groups is 1. The number of halogens is 1. The number of oxime groups is 1. The molecule has 7 rings (SSSR count). The van der Waals surface area contributed by atoms with Crippen LogP contribution in [0.2, 0.25) is 0 Å². The SMILES string of the molecule is C=CCOC12Oc3ccc(OCCSc4ccccc4)cc3C3C(CCCCO)C(CCCCO)C=C(C(=NOC(C)(C)C)CC1N(Cc1ccc(F)cc1)C(=O)Oc1ccc([N+](=O)[O-])cc1)C32. The topological polar surface area (TPSA) is 162 Å². The van der Waals surface area contributed by atoms with Crippen LogP contribution in [0.5, 0.6) is 17.2 Å². The number of hydrogen-bond donors (Lipinski definition) is 2. The number of non-ortho nitro benzene ring substituents is 1. The van der Waals surface area contributed by atoms with E-state index in [2.05, 4.69) is 30.9 Å². The lowest BCUT2D eigenvalue weighted by molar-refractivity contribution is -0.384. The lowest BCUT2D eigenvalue weighted by atomic mass is 9.55. The predicted molar refractivity (Wildman–Crippen MR) is 260 cm³/mol. The number of nitro benzene ring substituents is 1. The van der Waals surface area contributed by atoms with Gasteiger partial charge < -0.3 is 34.0 Å². The lowest BCUT2D eigenvalue weighted by Gasteiger charge is -2.60. The molecule has 6 atom stereocenters. The zero-order valence-corrected chi connectivity index (χ0v) is 39.8. The van der Waals surface area contributed by atoms with Crippen LogP contribution in [0.1, 0.15) is 82.8 Å². The van der Waals surface area contributed by atoms with Crippen LogP contribution in [0.15, 0.2) is 131 Å². The van der Waals surface area contributed by atoms with Gasteiger partial charge in [-0.05, 0) is 124 Å². The number of rotatable bonds is 22. The highest BCUT2D eigenvalue weighted by atomic mass is 32.2. The van der Waals surface area contributed by atoms with Crippen LogP contribution in [0.4, 0.5) is 14.9 Å². The standard InChI is InChI=1S/C53H62FN3O10S/c1-5-29-64-53-48(56(35-36-17-19-38(54)20-18-36)51(60)65-40-23-21-39(22-24-40)57(61)62)34-46(55-67-52(2,3)4)44-32-37(13-9-11-27-58)43(16-10-12-28-59)49(50(44)53)45-33-41(25-26-47(45)66-53)63-30-31-68-42-14-7-6-8-15-42/h5-8,14-15,17-26,32-33,37,43,48-50,58-59H,1,9-13,16,27-31,34-35H2,2-4H3. The molecular weight excluding hydrogens is 890 g/mol. The number of aliphatic hydroxyl groups excluding tert-OH is 2. The second-order valence-electron chi connectivity index (χ2n) is 18.4. The van der Waals surface area contributed by atoms with Gasteiger partial charge in [0.25, 0.3) is 5.69 Å². The Morgan fingerprint density at radius 1 is 0.985 bits per heavy atom. The first-order chi connectivity index (χ1) is 32.8. The monoisotopic (exact) mass is 951 g/mol. The summed E-state index contributed by atoms with van der Waals surface area (Å²) in [6.07, 6.45) is 7.44. The normalized spacial score (nSPS) is 22.2. The number of thioether (sulfide) groups is 1. The van der Waals surface area contributed by atoms with E-state index in [-0.39, 0.29) is 62.0 Å². The van der Waals surface area contributed by atoms with Crippen molar-refractivity contribution in [3.05, 3.63) is 148 Å². The number of carbonyl (C=O) groups excluding carboxylic acids is 1. The van der Waals surface area contributed by atoms with Crippen LogP contribution in [0, 0.1) is 33.7 Å². The molecule has 4 aromatic carbocycles. The molecule has 1 heterocycles. The highest BCUT2D eigenvalue weighted by molar-refractivity contribution is 7.99. The molecule has 6 unspecified atom stereocenters. The smallest absolute Gasteiger partial charge is 0.416 e. The van der Waals surface area contributed by atoms with Crippen LogP contribution in [0.25, 0.3) is 0 Å². The Kier molecular flexibility index (Phi) is 17.0. The fourth-order valence-electron chi connectivity index (χ4n) is 9.65. The van der Waals surface area contributed by atoms with Gasteiger partial charge in [-0.2, -0.15) is 0 Å². The maximum atomic E-state index is 15.0. The zero-order chi connectivity index (χ0) is 48.3. The molecular formula is C53H62FN3O10S. The second kappa shape index (κ2) is 23.0. The zero-order valence-electron chi connectivity index (χ0n) is 39.0. The number of hydrogen-bond acceptors (Lipinski definition) is 12. The van der Waals surface area contributed by atoms with E-state index >= 15 is 4.79 Å². The van der Waals surface area contributed by atoms with E-state index in [1.807, 2.05) is 51.1 Å². The van der Waals surface area contributed by atoms with Crippen LogP contribution in [-0.2, 0) is 16.1 Å². The number of fused-ring (bicyclic) bond motifs is 2. The molecule has 15 heteroatoms. The summed E-state index contributed by atoms with van der Waals surface area (Å²) in [5, 5.41) is 36.4. The number of ether oxygens (including phenoxy) is 4.